The van der Waals surface area contributed by atoms with Gasteiger partial charge in [0.05, 0.1) is 12.3 Å². The number of benzene rings is 1. The Morgan fingerprint density at radius 1 is 0.931 bits per heavy atom. The number of ether oxygens (including phenoxy) is 1. The van der Waals surface area contributed by atoms with Gasteiger partial charge in [-0.3, -0.25) is 0 Å². The summed E-state index contributed by atoms with van der Waals surface area (Å²) >= 11 is 0. The molecule has 2 rings (SSSR count). The Bertz CT molecular complexity index is 699. The summed E-state index contributed by atoms with van der Waals surface area (Å²) in [4.78, 5) is 8.89. The third-order valence-corrected chi connectivity index (χ3v) is 5.58. The van der Waals surface area contributed by atoms with E-state index in [4.69, 9.17) is 4.74 Å². The van der Waals surface area contributed by atoms with Gasteiger partial charge >= 0.3 is 0 Å². The predicted molar refractivity (Wildman–Crippen MR) is 123 cm³/mol. The van der Waals surface area contributed by atoms with Gasteiger partial charge in [-0.05, 0) is 48.8 Å². The first-order valence-electron chi connectivity index (χ1n) is 11.6. The summed E-state index contributed by atoms with van der Waals surface area (Å²) in [6.07, 6.45) is 14.7. The average Bonchev–Trinajstić information content (AvgIpc) is 2.72. The highest BCUT2D eigenvalue weighted by molar-refractivity contribution is 5.69. The number of para-hydroxylation sites is 1. The van der Waals surface area contributed by atoms with Crippen molar-refractivity contribution in [1.29, 1.82) is 0 Å². The van der Waals surface area contributed by atoms with Crippen LogP contribution >= 0.6 is 0 Å². The van der Waals surface area contributed by atoms with Crippen molar-refractivity contribution in [2.24, 2.45) is 11.8 Å². The van der Waals surface area contributed by atoms with Gasteiger partial charge in [0, 0.05) is 11.8 Å². The largest absolute Gasteiger partial charge is 0.493 e. The first-order valence-corrected chi connectivity index (χ1v) is 11.6. The van der Waals surface area contributed by atoms with Crippen LogP contribution in [0.15, 0.2) is 36.8 Å². The minimum Gasteiger partial charge on any atom is -0.493 e. The predicted octanol–water partition coefficient (Wildman–Crippen LogP) is 7.50. The van der Waals surface area contributed by atoms with Crippen LogP contribution in [0.25, 0.3) is 11.3 Å². The maximum absolute atomic E-state index is 6.23. The molecule has 0 saturated heterocycles. The fourth-order valence-electron chi connectivity index (χ4n) is 3.70. The minimum atomic E-state index is 0.703. The molecule has 0 radical (unpaired) electrons. The smallest absolute Gasteiger partial charge is 0.128 e. The number of aryl methyl sites for hydroxylation is 1. The zero-order valence-electron chi connectivity index (χ0n) is 19.0. The number of rotatable bonds is 14. The van der Waals surface area contributed by atoms with E-state index in [1.54, 1.807) is 6.33 Å². The van der Waals surface area contributed by atoms with E-state index >= 15 is 0 Å². The molecule has 0 aliphatic rings. The summed E-state index contributed by atoms with van der Waals surface area (Å²) in [6.45, 7) is 9.95. The van der Waals surface area contributed by atoms with Crippen LogP contribution in [0.5, 0.6) is 5.75 Å². The summed E-state index contributed by atoms with van der Waals surface area (Å²) in [5.74, 6) is 2.44. The first-order chi connectivity index (χ1) is 14.1. The monoisotopic (exact) mass is 396 g/mol. The second kappa shape index (κ2) is 13.3. The summed E-state index contributed by atoms with van der Waals surface area (Å²) < 4.78 is 6.23. The standard InChI is InChI=1S/C26H40N2O/c1-5-6-7-8-14-23-19-27-20-28-26(23)24-15-9-10-16-25(24)29-18-17-22(4)13-11-12-21(2)3/h9-10,15-16,19-22H,5-8,11-14,17-18H2,1-4H3. The van der Waals surface area contributed by atoms with Gasteiger partial charge in [0.1, 0.15) is 12.1 Å². The maximum Gasteiger partial charge on any atom is 0.128 e. The molecule has 0 spiro atoms. The van der Waals surface area contributed by atoms with Crippen LogP contribution in [0, 0.1) is 11.8 Å². The van der Waals surface area contributed by atoms with E-state index in [-0.39, 0.29) is 0 Å². The topological polar surface area (TPSA) is 35.0 Å². The highest BCUT2D eigenvalue weighted by atomic mass is 16.5. The third-order valence-electron chi connectivity index (χ3n) is 5.58. The third kappa shape index (κ3) is 8.55. The first kappa shape index (κ1) is 23.4. The highest BCUT2D eigenvalue weighted by Crippen LogP contribution is 2.31. The molecule has 0 fully saturated rings. The summed E-state index contributed by atoms with van der Waals surface area (Å²) in [5, 5.41) is 0. The van der Waals surface area contributed by atoms with Gasteiger partial charge in [-0.2, -0.15) is 0 Å². The normalized spacial score (nSPS) is 12.3. The van der Waals surface area contributed by atoms with E-state index in [2.05, 4.69) is 55.9 Å². The Labute approximate surface area is 178 Å². The number of hydrogen-bond acceptors (Lipinski definition) is 3. The van der Waals surface area contributed by atoms with Crippen molar-refractivity contribution in [2.45, 2.75) is 85.5 Å². The van der Waals surface area contributed by atoms with E-state index in [0.717, 1.165) is 42.4 Å². The fraction of sp³-hybridized carbons (Fsp3) is 0.615. The molecule has 0 aliphatic carbocycles. The molecule has 160 valence electrons. The molecular weight excluding hydrogens is 356 g/mol. The Morgan fingerprint density at radius 3 is 2.55 bits per heavy atom. The van der Waals surface area contributed by atoms with E-state index in [1.165, 1.54) is 50.5 Å². The van der Waals surface area contributed by atoms with Crippen LogP contribution in [0.4, 0.5) is 0 Å². The molecule has 1 unspecified atom stereocenters. The second-order valence-corrected chi connectivity index (χ2v) is 8.77. The molecule has 2 aromatic rings. The number of unbranched alkanes of at least 4 members (excludes halogenated alkanes) is 3. The van der Waals surface area contributed by atoms with Crippen LogP contribution in [-0.2, 0) is 6.42 Å². The number of nitrogens with zero attached hydrogens (tertiary/aromatic N) is 2. The summed E-state index contributed by atoms with van der Waals surface area (Å²) in [6, 6.07) is 8.31. The van der Waals surface area contributed by atoms with Gasteiger partial charge < -0.3 is 4.74 Å². The number of aromatic nitrogens is 2. The molecule has 0 aliphatic heterocycles. The number of hydrogen-bond donors (Lipinski definition) is 0. The lowest BCUT2D eigenvalue weighted by Gasteiger charge is -2.16. The Kier molecular flexibility index (Phi) is 10.8. The van der Waals surface area contributed by atoms with Crippen molar-refractivity contribution in [3.63, 3.8) is 0 Å². The van der Waals surface area contributed by atoms with Crippen LogP contribution in [-0.4, -0.2) is 16.6 Å². The van der Waals surface area contributed by atoms with Crippen molar-refractivity contribution in [3.8, 4) is 17.0 Å². The van der Waals surface area contributed by atoms with Crippen LogP contribution in [0.2, 0.25) is 0 Å². The van der Waals surface area contributed by atoms with Crippen LogP contribution < -0.4 is 4.74 Å². The molecule has 3 heteroatoms. The molecule has 0 saturated carbocycles. The van der Waals surface area contributed by atoms with E-state index in [1.807, 2.05) is 12.3 Å². The quantitative estimate of drug-likeness (QED) is 0.310. The maximum atomic E-state index is 6.23. The molecule has 1 heterocycles. The van der Waals surface area contributed by atoms with Crippen molar-refractivity contribution in [3.05, 3.63) is 42.4 Å². The van der Waals surface area contributed by atoms with E-state index in [0.29, 0.717) is 5.92 Å². The van der Waals surface area contributed by atoms with Crippen LogP contribution in [0.3, 0.4) is 0 Å². The van der Waals surface area contributed by atoms with Gasteiger partial charge in [-0.25, -0.2) is 9.97 Å². The SMILES string of the molecule is CCCCCCc1cncnc1-c1ccccc1OCCC(C)CCCC(C)C. The van der Waals surface area contributed by atoms with E-state index in [9.17, 15) is 0 Å². The Hall–Kier alpha value is -1.90. The lowest BCUT2D eigenvalue weighted by atomic mass is 9.97. The Morgan fingerprint density at radius 2 is 1.76 bits per heavy atom. The van der Waals surface area contributed by atoms with Crippen molar-refractivity contribution >= 4 is 0 Å². The highest BCUT2D eigenvalue weighted by Gasteiger charge is 2.13. The Balaban J connectivity index is 1.97. The summed E-state index contributed by atoms with van der Waals surface area (Å²) in [7, 11) is 0. The van der Waals surface area contributed by atoms with Gasteiger partial charge in [0.15, 0.2) is 0 Å². The zero-order chi connectivity index (χ0) is 20.9. The van der Waals surface area contributed by atoms with Crippen molar-refractivity contribution in [2.75, 3.05) is 6.61 Å². The van der Waals surface area contributed by atoms with Crippen molar-refractivity contribution in [1.82, 2.24) is 9.97 Å². The van der Waals surface area contributed by atoms with Gasteiger partial charge in [0.25, 0.3) is 0 Å². The summed E-state index contributed by atoms with van der Waals surface area (Å²) in [5.41, 5.74) is 3.34. The molecule has 3 nitrogen and oxygen atoms in total. The molecule has 1 aromatic heterocycles. The molecular formula is C26H40N2O. The lowest BCUT2D eigenvalue weighted by molar-refractivity contribution is 0.276. The fourth-order valence-corrected chi connectivity index (χ4v) is 3.70. The van der Waals surface area contributed by atoms with E-state index < -0.39 is 0 Å². The van der Waals surface area contributed by atoms with Gasteiger partial charge in [-0.1, -0.05) is 78.4 Å². The molecule has 1 atom stereocenters. The van der Waals surface area contributed by atoms with Gasteiger partial charge in [0.2, 0.25) is 0 Å². The average molecular weight is 397 g/mol. The lowest BCUT2D eigenvalue weighted by Crippen LogP contribution is -2.06. The molecule has 0 amide bonds. The van der Waals surface area contributed by atoms with Crippen molar-refractivity contribution < 1.29 is 4.74 Å². The molecule has 0 N–H and O–H groups in total. The molecule has 1 aromatic carbocycles. The van der Waals surface area contributed by atoms with Crippen LogP contribution in [0.1, 0.15) is 84.6 Å². The zero-order valence-corrected chi connectivity index (χ0v) is 19.0. The second-order valence-electron chi connectivity index (χ2n) is 8.77. The minimum absolute atomic E-state index is 0.703. The molecule has 29 heavy (non-hydrogen) atoms. The van der Waals surface area contributed by atoms with Gasteiger partial charge in [-0.15, -0.1) is 0 Å². The molecule has 0 bridgehead atoms.